The van der Waals surface area contributed by atoms with Gasteiger partial charge < -0.3 is 9.84 Å². The monoisotopic (exact) mass is 260 g/mol. The average Bonchev–Trinajstić information content (AvgIpc) is 2.18. The van der Waals surface area contributed by atoms with Gasteiger partial charge in [-0.2, -0.15) is 0 Å². The lowest BCUT2D eigenvalue weighted by Gasteiger charge is -2.06. The number of esters is 1. The number of aromatic nitrogens is 2. The van der Waals surface area contributed by atoms with E-state index in [1.54, 1.807) is 0 Å². The van der Waals surface area contributed by atoms with E-state index in [1.165, 1.54) is 19.5 Å². The van der Waals surface area contributed by atoms with Crippen molar-refractivity contribution in [3.8, 4) is 0 Å². The van der Waals surface area contributed by atoms with Crippen molar-refractivity contribution in [1.82, 2.24) is 9.97 Å². The summed E-state index contributed by atoms with van der Waals surface area (Å²) in [7, 11) is 1.26. The number of carbonyl (C=O) groups excluding carboxylic acids is 1. The van der Waals surface area contributed by atoms with Gasteiger partial charge in [0.2, 0.25) is 0 Å². The molecule has 0 aliphatic carbocycles. The quantitative estimate of drug-likeness (QED) is 0.816. The van der Waals surface area contributed by atoms with Gasteiger partial charge in [-0.3, -0.25) is 4.79 Å². The maximum absolute atomic E-state index is 10.8. The Morgan fingerprint density at radius 3 is 2.71 bits per heavy atom. The van der Waals surface area contributed by atoms with Crippen LogP contribution in [0.15, 0.2) is 16.9 Å². The molecule has 14 heavy (non-hydrogen) atoms. The molecule has 0 saturated heterocycles. The molecule has 0 unspecified atom stereocenters. The van der Waals surface area contributed by atoms with Gasteiger partial charge in [0.25, 0.3) is 0 Å². The Labute approximate surface area is 89.3 Å². The Kier molecular flexibility index (Phi) is 3.97. The number of rotatable bonds is 3. The fraction of sp³-hybridized carbons (Fsp3) is 0.375. The molecule has 1 heterocycles. The number of carbonyl (C=O) groups is 1. The van der Waals surface area contributed by atoms with E-state index in [2.05, 4.69) is 30.6 Å². The Bertz CT molecular complexity index is 315. The maximum atomic E-state index is 10.8. The average molecular weight is 261 g/mol. The normalized spacial score (nSPS) is 12.2. The molecular weight excluding hydrogens is 252 g/mol. The first-order valence-electron chi connectivity index (χ1n) is 3.86. The van der Waals surface area contributed by atoms with Crippen molar-refractivity contribution in [1.29, 1.82) is 0 Å². The molecule has 0 aliphatic heterocycles. The second-order valence-electron chi connectivity index (χ2n) is 2.56. The zero-order chi connectivity index (χ0) is 10.6. The van der Waals surface area contributed by atoms with Crippen molar-refractivity contribution in [3.63, 3.8) is 0 Å². The zero-order valence-corrected chi connectivity index (χ0v) is 9.06. The highest BCUT2D eigenvalue weighted by Gasteiger charge is 2.15. The molecule has 6 heteroatoms. The van der Waals surface area contributed by atoms with Gasteiger partial charge in [0.15, 0.2) is 5.82 Å². The van der Waals surface area contributed by atoms with E-state index in [-0.39, 0.29) is 12.2 Å². The molecule has 0 radical (unpaired) electrons. The van der Waals surface area contributed by atoms with Crippen LogP contribution in [-0.2, 0) is 9.53 Å². The zero-order valence-electron chi connectivity index (χ0n) is 7.48. The van der Waals surface area contributed by atoms with E-state index in [1.807, 2.05) is 0 Å². The van der Waals surface area contributed by atoms with E-state index in [4.69, 9.17) is 0 Å². The van der Waals surface area contributed by atoms with Crippen LogP contribution in [0.25, 0.3) is 0 Å². The smallest absolute Gasteiger partial charge is 0.308 e. The summed E-state index contributed by atoms with van der Waals surface area (Å²) >= 11 is 3.16. The molecule has 1 rings (SSSR count). The molecule has 1 N–H and O–H groups in total. The van der Waals surface area contributed by atoms with Crippen LogP contribution in [0.3, 0.4) is 0 Å². The fourth-order valence-electron chi connectivity index (χ4n) is 0.827. The number of aliphatic hydroxyl groups excluding tert-OH is 1. The number of hydrogen-bond acceptors (Lipinski definition) is 5. The van der Waals surface area contributed by atoms with E-state index < -0.39 is 12.1 Å². The highest BCUT2D eigenvalue weighted by Crippen LogP contribution is 2.13. The number of aliphatic hydroxyl groups is 1. The summed E-state index contributed by atoms with van der Waals surface area (Å²) < 4.78 is 5.12. The molecule has 0 aliphatic rings. The topological polar surface area (TPSA) is 72.3 Å². The number of hydrogen-bond donors (Lipinski definition) is 1. The molecule has 0 amide bonds. The fourth-order valence-corrected chi connectivity index (χ4v) is 1.03. The molecular formula is C8H9BrN2O3. The molecule has 1 atom stereocenters. The van der Waals surface area contributed by atoms with Gasteiger partial charge in [0.05, 0.1) is 18.0 Å². The molecule has 5 nitrogen and oxygen atoms in total. The van der Waals surface area contributed by atoms with Gasteiger partial charge in [-0.25, -0.2) is 9.97 Å². The van der Waals surface area contributed by atoms with Crippen LogP contribution in [0, 0.1) is 0 Å². The second kappa shape index (κ2) is 5.02. The predicted octanol–water partition coefficient (Wildman–Crippen LogP) is 0.836. The molecule has 0 fully saturated rings. The minimum Gasteiger partial charge on any atom is -0.469 e. The highest BCUT2D eigenvalue weighted by atomic mass is 79.9. The lowest BCUT2D eigenvalue weighted by Crippen LogP contribution is -2.10. The van der Waals surface area contributed by atoms with E-state index in [0.29, 0.717) is 4.47 Å². The van der Waals surface area contributed by atoms with Crippen molar-refractivity contribution in [2.45, 2.75) is 12.5 Å². The van der Waals surface area contributed by atoms with E-state index >= 15 is 0 Å². The summed E-state index contributed by atoms with van der Waals surface area (Å²) in [5.74, 6) is -0.289. The van der Waals surface area contributed by atoms with Crippen molar-refractivity contribution in [2.24, 2.45) is 0 Å². The van der Waals surface area contributed by atoms with Crippen LogP contribution >= 0.6 is 15.9 Å². The van der Waals surface area contributed by atoms with Crippen LogP contribution in [0.4, 0.5) is 0 Å². The SMILES string of the molecule is COC(=O)C[C@H](O)c1ncc(Br)cn1. The van der Waals surface area contributed by atoms with Crippen molar-refractivity contribution < 1.29 is 14.6 Å². The molecule has 1 aromatic rings. The summed E-state index contributed by atoms with van der Waals surface area (Å²) in [4.78, 5) is 18.5. The number of ether oxygens (including phenoxy) is 1. The van der Waals surface area contributed by atoms with Gasteiger partial charge in [-0.15, -0.1) is 0 Å². The first-order valence-corrected chi connectivity index (χ1v) is 4.65. The van der Waals surface area contributed by atoms with Gasteiger partial charge >= 0.3 is 5.97 Å². The summed E-state index contributed by atoms with van der Waals surface area (Å²) in [6, 6.07) is 0. The number of nitrogens with zero attached hydrogens (tertiary/aromatic N) is 2. The lowest BCUT2D eigenvalue weighted by molar-refractivity contribution is -0.143. The summed E-state index contributed by atoms with van der Waals surface area (Å²) in [5.41, 5.74) is 0. The third kappa shape index (κ3) is 3.04. The summed E-state index contributed by atoms with van der Waals surface area (Å²) in [6.45, 7) is 0. The Balaban J connectivity index is 2.65. The van der Waals surface area contributed by atoms with Gasteiger partial charge in [0.1, 0.15) is 6.10 Å². The lowest BCUT2D eigenvalue weighted by atomic mass is 10.2. The maximum Gasteiger partial charge on any atom is 0.308 e. The Hall–Kier alpha value is -1.01. The van der Waals surface area contributed by atoms with Crippen LogP contribution in [-0.4, -0.2) is 28.2 Å². The van der Waals surface area contributed by atoms with Crippen LogP contribution in [0.1, 0.15) is 18.3 Å². The molecule has 1 aromatic heterocycles. The third-order valence-electron chi connectivity index (χ3n) is 1.53. The first kappa shape index (κ1) is 11.1. The van der Waals surface area contributed by atoms with Gasteiger partial charge in [-0.05, 0) is 15.9 Å². The van der Waals surface area contributed by atoms with E-state index in [0.717, 1.165) is 0 Å². The Morgan fingerprint density at radius 1 is 1.64 bits per heavy atom. The minimum atomic E-state index is -1.02. The van der Waals surface area contributed by atoms with Crippen molar-refractivity contribution in [3.05, 3.63) is 22.7 Å². The largest absolute Gasteiger partial charge is 0.469 e. The molecule has 76 valence electrons. The van der Waals surface area contributed by atoms with E-state index in [9.17, 15) is 9.90 Å². The van der Waals surface area contributed by atoms with Gasteiger partial charge in [0, 0.05) is 12.4 Å². The number of methoxy groups -OCH3 is 1. The predicted molar refractivity (Wildman–Crippen MR) is 51.3 cm³/mol. The molecule has 0 bridgehead atoms. The summed E-state index contributed by atoms with van der Waals surface area (Å²) in [6.07, 6.45) is 1.85. The number of halogens is 1. The van der Waals surface area contributed by atoms with Crippen molar-refractivity contribution in [2.75, 3.05) is 7.11 Å². The Morgan fingerprint density at radius 2 is 2.21 bits per heavy atom. The minimum absolute atomic E-state index is 0.141. The van der Waals surface area contributed by atoms with Crippen LogP contribution in [0.2, 0.25) is 0 Å². The standard InChI is InChI=1S/C8H9BrN2O3/c1-14-7(13)2-6(12)8-10-3-5(9)4-11-8/h3-4,6,12H,2H2,1H3/t6-/m0/s1. The van der Waals surface area contributed by atoms with Crippen LogP contribution in [0.5, 0.6) is 0 Å². The molecule has 0 saturated carbocycles. The van der Waals surface area contributed by atoms with Crippen molar-refractivity contribution >= 4 is 21.9 Å². The highest BCUT2D eigenvalue weighted by molar-refractivity contribution is 9.10. The molecule has 0 aromatic carbocycles. The third-order valence-corrected chi connectivity index (χ3v) is 1.94. The first-order chi connectivity index (χ1) is 6.63. The molecule has 0 spiro atoms. The summed E-state index contributed by atoms with van der Waals surface area (Å²) in [5, 5.41) is 9.47. The second-order valence-corrected chi connectivity index (χ2v) is 3.47. The van der Waals surface area contributed by atoms with Gasteiger partial charge in [-0.1, -0.05) is 0 Å². The van der Waals surface area contributed by atoms with Crippen LogP contribution < -0.4 is 0 Å².